The van der Waals surface area contributed by atoms with Gasteiger partial charge in [-0.25, -0.2) is 4.98 Å². The van der Waals surface area contributed by atoms with Crippen LogP contribution in [0.15, 0.2) is 84.5 Å². The standard InChI is InChI=1S/C22H15N3OS/c26-21(18-9-8-15-4-1-2-5-16(15)12-18)23-19-7-3-6-17(13-19)20-14-25-10-11-27-22(25)24-20/h1-14H,(H,23,26). The van der Waals surface area contributed by atoms with E-state index in [1.807, 2.05) is 88.9 Å². The summed E-state index contributed by atoms with van der Waals surface area (Å²) in [7, 11) is 0. The fourth-order valence-electron chi connectivity index (χ4n) is 3.16. The first-order valence-corrected chi connectivity index (χ1v) is 9.47. The summed E-state index contributed by atoms with van der Waals surface area (Å²) >= 11 is 1.60. The Labute approximate surface area is 159 Å². The van der Waals surface area contributed by atoms with Crippen LogP contribution in [0.4, 0.5) is 5.69 Å². The number of carbonyl (C=O) groups excluding carboxylic acids is 1. The first-order valence-electron chi connectivity index (χ1n) is 8.59. The number of thiazole rings is 1. The average molecular weight is 369 g/mol. The van der Waals surface area contributed by atoms with Gasteiger partial charge < -0.3 is 5.32 Å². The summed E-state index contributed by atoms with van der Waals surface area (Å²) in [5, 5.41) is 7.17. The molecular weight excluding hydrogens is 354 g/mol. The molecule has 0 radical (unpaired) electrons. The van der Waals surface area contributed by atoms with Gasteiger partial charge in [0.2, 0.25) is 0 Å². The predicted octanol–water partition coefficient (Wildman–Crippen LogP) is 5.47. The summed E-state index contributed by atoms with van der Waals surface area (Å²) in [5.74, 6) is -0.122. The highest BCUT2D eigenvalue weighted by atomic mass is 32.1. The van der Waals surface area contributed by atoms with Crippen molar-refractivity contribution in [3.05, 3.63) is 90.1 Å². The molecule has 2 heterocycles. The predicted molar refractivity (Wildman–Crippen MR) is 110 cm³/mol. The molecule has 0 aliphatic carbocycles. The van der Waals surface area contributed by atoms with Crippen molar-refractivity contribution in [3.8, 4) is 11.3 Å². The summed E-state index contributed by atoms with van der Waals surface area (Å²) in [6.07, 6.45) is 3.98. The summed E-state index contributed by atoms with van der Waals surface area (Å²) in [6, 6.07) is 21.5. The molecule has 130 valence electrons. The van der Waals surface area contributed by atoms with Crippen LogP contribution >= 0.6 is 11.3 Å². The lowest BCUT2D eigenvalue weighted by Gasteiger charge is -2.07. The van der Waals surface area contributed by atoms with E-state index in [0.717, 1.165) is 32.7 Å². The smallest absolute Gasteiger partial charge is 0.255 e. The van der Waals surface area contributed by atoms with Crippen LogP contribution in [0.25, 0.3) is 27.0 Å². The Hall–Kier alpha value is -3.44. The molecule has 1 amide bonds. The number of hydrogen-bond donors (Lipinski definition) is 1. The van der Waals surface area contributed by atoms with Crippen molar-refractivity contribution in [2.75, 3.05) is 5.32 Å². The maximum atomic E-state index is 12.7. The van der Waals surface area contributed by atoms with E-state index >= 15 is 0 Å². The van der Waals surface area contributed by atoms with E-state index < -0.39 is 0 Å². The van der Waals surface area contributed by atoms with Crippen molar-refractivity contribution < 1.29 is 4.79 Å². The third kappa shape index (κ3) is 2.98. The second kappa shape index (κ2) is 6.37. The van der Waals surface area contributed by atoms with Crippen LogP contribution in [0.5, 0.6) is 0 Å². The van der Waals surface area contributed by atoms with Gasteiger partial charge >= 0.3 is 0 Å². The number of amides is 1. The van der Waals surface area contributed by atoms with Gasteiger partial charge in [0.1, 0.15) is 0 Å². The first kappa shape index (κ1) is 15.8. The molecule has 2 aromatic heterocycles. The van der Waals surface area contributed by atoms with Crippen LogP contribution in [0.1, 0.15) is 10.4 Å². The summed E-state index contributed by atoms with van der Waals surface area (Å²) < 4.78 is 2.00. The molecule has 5 aromatic rings. The number of anilines is 1. The van der Waals surface area contributed by atoms with Gasteiger partial charge in [-0.15, -0.1) is 11.3 Å². The molecule has 27 heavy (non-hydrogen) atoms. The van der Waals surface area contributed by atoms with Crippen molar-refractivity contribution in [2.45, 2.75) is 0 Å². The van der Waals surface area contributed by atoms with Gasteiger partial charge in [-0.2, -0.15) is 0 Å². The van der Waals surface area contributed by atoms with Crippen LogP contribution < -0.4 is 5.32 Å². The number of rotatable bonds is 3. The quantitative estimate of drug-likeness (QED) is 0.458. The number of imidazole rings is 1. The maximum absolute atomic E-state index is 12.7. The van der Waals surface area contributed by atoms with Crippen molar-refractivity contribution in [1.82, 2.24) is 9.38 Å². The molecule has 0 bridgehead atoms. The third-order valence-electron chi connectivity index (χ3n) is 4.52. The van der Waals surface area contributed by atoms with Crippen LogP contribution in [0.3, 0.4) is 0 Å². The molecule has 0 saturated carbocycles. The van der Waals surface area contributed by atoms with Crippen LogP contribution in [0, 0.1) is 0 Å². The zero-order valence-electron chi connectivity index (χ0n) is 14.3. The number of aromatic nitrogens is 2. The monoisotopic (exact) mass is 369 g/mol. The van der Waals surface area contributed by atoms with Gasteiger partial charge in [-0.3, -0.25) is 9.20 Å². The van der Waals surface area contributed by atoms with Gasteiger partial charge in [-0.05, 0) is 35.0 Å². The topological polar surface area (TPSA) is 46.4 Å². The number of fused-ring (bicyclic) bond motifs is 2. The van der Waals surface area contributed by atoms with Gasteiger partial charge in [-0.1, -0.05) is 42.5 Å². The minimum Gasteiger partial charge on any atom is -0.322 e. The minimum atomic E-state index is -0.122. The van der Waals surface area contributed by atoms with Crippen molar-refractivity contribution >= 4 is 38.7 Å². The Morgan fingerprint density at radius 2 is 1.85 bits per heavy atom. The highest BCUT2D eigenvalue weighted by Crippen LogP contribution is 2.24. The molecule has 5 heteroatoms. The minimum absolute atomic E-state index is 0.122. The SMILES string of the molecule is O=C(Nc1cccc(-c2cn3ccsc3n2)c1)c1ccc2ccccc2c1. The highest BCUT2D eigenvalue weighted by Gasteiger charge is 2.09. The number of carbonyl (C=O) groups is 1. The van der Waals surface area contributed by atoms with E-state index in [4.69, 9.17) is 0 Å². The Kier molecular flexibility index (Phi) is 3.73. The lowest BCUT2D eigenvalue weighted by atomic mass is 10.1. The first-order chi connectivity index (χ1) is 13.3. The average Bonchev–Trinajstić information content (AvgIpc) is 3.30. The Morgan fingerprint density at radius 1 is 0.963 bits per heavy atom. The fraction of sp³-hybridized carbons (Fsp3) is 0. The van der Waals surface area contributed by atoms with Crippen LogP contribution in [-0.4, -0.2) is 15.3 Å². The second-order valence-electron chi connectivity index (χ2n) is 6.32. The van der Waals surface area contributed by atoms with Crippen LogP contribution in [-0.2, 0) is 0 Å². The fourth-order valence-corrected chi connectivity index (χ4v) is 3.86. The van der Waals surface area contributed by atoms with E-state index in [2.05, 4.69) is 10.3 Å². The molecule has 3 aromatic carbocycles. The molecule has 0 fully saturated rings. The van der Waals surface area contributed by atoms with E-state index in [0.29, 0.717) is 5.56 Å². The van der Waals surface area contributed by atoms with Gasteiger partial charge in [0.25, 0.3) is 5.91 Å². The Bertz CT molecular complexity index is 1260. The molecule has 5 rings (SSSR count). The molecule has 0 unspecified atom stereocenters. The largest absolute Gasteiger partial charge is 0.322 e. The molecule has 0 aliphatic rings. The van der Waals surface area contributed by atoms with Gasteiger partial charge in [0.05, 0.1) is 5.69 Å². The lowest BCUT2D eigenvalue weighted by Crippen LogP contribution is -2.11. The summed E-state index contributed by atoms with van der Waals surface area (Å²) in [5.41, 5.74) is 3.26. The zero-order valence-corrected chi connectivity index (χ0v) is 15.1. The number of benzene rings is 3. The number of nitrogens with one attached hydrogen (secondary N) is 1. The Balaban J connectivity index is 1.42. The molecule has 1 N–H and O–H groups in total. The lowest BCUT2D eigenvalue weighted by molar-refractivity contribution is 0.102. The Morgan fingerprint density at radius 3 is 2.74 bits per heavy atom. The maximum Gasteiger partial charge on any atom is 0.255 e. The van der Waals surface area contributed by atoms with Crippen LogP contribution in [0.2, 0.25) is 0 Å². The molecule has 0 aliphatic heterocycles. The molecule has 0 spiro atoms. The van der Waals surface area contributed by atoms with E-state index in [9.17, 15) is 4.79 Å². The van der Waals surface area contributed by atoms with Crippen molar-refractivity contribution in [1.29, 1.82) is 0 Å². The summed E-state index contributed by atoms with van der Waals surface area (Å²) in [6.45, 7) is 0. The zero-order chi connectivity index (χ0) is 18.2. The molecular formula is C22H15N3OS. The van der Waals surface area contributed by atoms with Crippen molar-refractivity contribution in [2.24, 2.45) is 0 Å². The summed E-state index contributed by atoms with van der Waals surface area (Å²) in [4.78, 5) is 18.3. The number of nitrogens with zero attached hydrogens (tertiary/aromatic N) is 2. The van der Waals surface area contributed by atoms with Crippen molar-refractivity contribution in [3.63, 3.8) is 0 Å². The van der Waals surface area contributed by atoms with E-state index in [1.165, 1.54) is 0 Å². The highest BCUT2D eigenvalue weighted by molar-refractivity contribution is 7.15. The molecule has 0 saturated heterocycles. The van der Waals surface area contributed by atoms with Gasteiger partial charge in [0, 0.05) is 34.6 Å². The number of hydrogen-bond acceptors (Lipinski definition) is 3. The molecule has 4 nitrogen and oxygen atoms in total. The van der Waals surface area contributed by atoms with E-state index in [-0.39, 0.29) is 5.91 Å². The second-order valence-corrected chi connectivity index (χ2v) is 7.19. The van der Waals surface area contributed by atoms with E-state index in [1.54, 1.807) is 11.3 Å². The normalized spacial score (nSPS) is 11.1. The third-order valence-corrected chi connectivity index (χ3v) is 5.29. The van der Waals surface area contributed by atoms with Gasteiger partial charge in [0.15, 0.2) is 4.96 Å². The molecule has 0 atom stereocenters.